The van der Waals surface area contributed by atoms with Crippen molar-refractivity contribution in [1.82, 2.24) is 9.71 Å². The third kappa shape index (κ3) is 4.07. The van der Waals surface area contributed by atoms with Gasteiger partial charge in [0.15, 0.2) is 0 Å². The first kappa shape index (κ1) is 16.0. The van der Waals surface area contributed by atoms with Gasteiger partial charge in [0.1, 0.15) is 10.7 Å². The number of aromatic nitrogens is 1. The predicted molar refractivity (Wildman–Crippen MR) is 80.0 cm³/mol. The van der Waals surface area contributed by atoms with Crippen molar-refractivity contribution in [2.75, 3.05) is 6.54 Å². The highest BCUT2D eigenvalue weighted by Gasteiger charge is 2.19. The van der Waals surface area contributed by atoms with E-state index >= 15 is 0 Å². The van der Waals surface area contributed by atoms with Gasteiger partial charge in [-0.15, -0.1) is 11.3 Å². The van der Waals surface area contributed by atoms with Gasteiger partial charge in [-0.2, -0.15) is 0 Å². The molecular weight excluding hydrogens is 313 g/mol. The lowest BCUT2D eigenvalue weighted by molar-refractivity contribution is 0.556. The minimum Gasteiger partial charge on any atom is -0.326 e. The molecule has 2 aromatic rings. The van der Waals surface area contributed by atoms with Crippen molar-refractivity contribution in [2.24, 2.45) is 5.73 Å². The van der Waals surface area contributed by atoms with Crippen LogP contribution in [0.2, 0.25) is 0 Å². The van der Waals surface area contributed by atoms with Gasteiger partial charge in [0.25, 0.3) is 0 Å². The number of halogens is 1. The number of aryl methyl sites for hydroxylation is 1. The minimum absolute atomic E-state index is 0.154. The lowest BCUT2D eigenvalue weighted by atomic mass is 10.2. The lowest BCUT2D eigenvalue weighted by Gasteiger charge is -2.08. The number of nitrogens with zero attached hydrogens (tertiary/aromatic N) is 1. The number of sulfonamides is 1. The van der Waals surface area contributed by atoms with Crippen LogP contribution in [-0.4, -0.2) is 19.9 Å². The minimum atomic E-state index is -3.89. The Balaban J connectivity index is 2.07. The van der Waals surface area contributed by atoms with Crippen LogP contribution >= 0.6 is 11.3 Å². The summed E-state index contributed by atoms with van der Waals surface area (Å²) < 4.78 is 40.3. The molecule has 0 spiro atoms. The Labute approximate surface area is 127 Å². The zero-order chi connectivity index (χ0) is 15.5. The number of benzene rings is 1. The Morgan fingerprint density at radius 3 is 2.81 bits per heavy atom. The molecule has 0 aliphatic heterocycles. The molecule has 2 rings (SSSR count). The normalized spacial score (nSPS) is 11.8. The Morgan fingerprint density at radius 2 is 2.19 bits per heavy atom. The molecule has 0 atom stereocenters. The maximum absolute atomic E-state index is 13.7. The van der Waals surface area contributed by atoms with E-state index in [0.29, 0.717) is 12.0 Å². The van der Waals surface area contributed by atoms with Gasteiger partial charge < -0.3 is 5.73 Å². The Bertz CT molecular complexity index is 729. The summed E-state index contributed by atoms with van der Waals surface area (Å²) in [6.07, 6.45) is 0.468. The molecule has 0 unspecified atom stereocenters. The summed E-state index contributed by atoms with van der Waals surface area (Å²) in [7, 11) is -3.89. The molecule has 1 aromatic carbocycles. The fraction of sp³-hybridized carbons (Fsp3) is 0.308. The first-order valence-corrected chi connectivity index (χ1v) is 8.68. The zero-order valence-corrected chi connectivity index (χ0v) is 13.1. The molecule has 1 heterocycles. The number of hydrogen-bond acceptors (Lipinski definition) is 5. The molecule has 1 aromatic heterocycles. The number of hydrogen-bond donors (Lipinski definition) is 2. The molecule has 5 nitrogen and oxygen atoms in total. The number of nitrogens with one attached hydrogen (secondary N) is 1. The van der Waals surface area contributed by atoms with E-state index in [1.807, 2.05) is 12.3 Å². The van der Waals surface area contributed by atoms with E-state index in [1.165, 1.54) is 23.5 Å². The summed E-state index contributed by atoms with van der Waals surface area (Å²) in [5.41, 5.74) is 6.91. The molecule has 3 N–H and O–H groups in total. The standard InChI is InChI=1S/C13H16FN3O2S2/c1-9-8-20-13(17-9)4-5-16-21(18,19)12-6-10(7-15)2-3-11(12)14/h2-3,6,8,16H,4-5,7,15H2,1H3. The molecule has 0 aliphatic carbocycles. The summed E-state index contributed by atoms with van der Waals surface area (Å²) in [5, 5.41) is 2.74. The van der Waals surface area contributed by atoms with E-state index in [0.717, 1.165) is 16.8 Å². The second kappa shape index (κ2) is 6.61. The second-order valence-electron chi connectivity index (χ2n) is 4.50. The van der Waals surface area contributed by atoms with E-state index in [4.69, 9.17) is 5.73 Å². The average Bonchev–Trinajstić information content (AvgIpc) is 2.84. The summed E-state index contributed by atoms with van der Waals surface area (Å²) in [6, 6.07) is 3.83. The SMILES string of the molecule is Cc1csc(CCNS(=O)(=O)c2cc(CN)ccc2F)n1. The van der Waals surface area contributed by atoms with Crippen LogP contribution in [0.4, 0.5) is 4.39 Å². The highest BCUT2D eigenvalue weighted by Crippen LogP contribution is 2.16. The lowest BCUT2D eigenvalue weighted by Crippen LogP contribution is -2.27. The van der Waals surface area contributed by atoms with Crippen LogP contribution in [0, 0.1) is 12.7 Å². The maximum Gasteiger partial charge on any atom is 0.243 e. The van der Waals surface area contributed by atoms with Crippen LogP contribution in [0.1, 0.15) is 16.3 Å². The van der Waals surface area contributed by atoms with E-state index in [1.54, 1.807) is 0 Å². The molecule has 0 saturated carbocycles. The highest BCUT2D eigenvalue weighted by atomic mass is 32.2. The van der Waals surface area contributed by atoms with E-state index in [2.05, 4.69) is 9.71 Å². The van der Waals surface area contributed by atoms with E-state index < -0.39 is 15.8 Å². The van der Waals surface area contributed by atoms with Crippen molar-refractivity contribution < 1.29 is 12.8 Å². The number of rotatable bonds is 6. The molecule has 114 valence electrons. The molecule has 0 aliphatic rings. The third-order valence-corrected chi connectivity index (χ3v) is 5.32. The fourth-order valence-electron chi connectivity index (χ4n) is 1.77. The molecule has 0 saturated heterocycles. The van der Waals surface area contributed by atoms with Crippen molar-refractivity contribution in [3.05, 3.63) is 45.7 Å². The molecular formula is C13H16FN3O2S2. The Hall–Kier alpha value is -1.35. The van der Waals surface area contributed by atoms with Crippen molar-refractivity contribution in [3.8, 4) is 0 Å². The first-order valence-electron chi connectivity index (χ1n) is 6.31. The molecule has 8 heteroatoms. The smallest absolute Gasteiger partial charge is 0.243 e. The molecule has 21 heavy (non-hydrogen) atoms. The van der Waals surface area contributed by atoms with Gasteiger partial charge in [0, 0.05) is 30.6 Å². The zero-order valence-electron chi connectivity index (χ0n) is 11.5. The van der Waals surface area contributed by atoms with Crippen LogP contribution in [-0.2, 0) is 23.0 Å². The summed E-state index contributed by atoms with van der Waals surface area (Å²) in [5.74, 6) is -0.787. The maximum atomic E-state index is 13.7. The van der Waals surface area contributed by atoms with Gasteiger partial charge >= 0.3 is 0 Å². The predicted octanol–water partition coefficient (Wildman–Crippen LogP) is 1.57. The number of thiazole rings is 1. The van der Waals surface area contributed by atoms with Crippen LogP contribution < -0.4 is 10.5 Å². The van der Waals surface area contributed by atoms with E-state index in [9.17, 15) is 12.8 Å². The van der Waals surface area contributed by atoms with Crippen molar-refractivity contribution in [2.45, 2.75) is 24.8 Å². The average molecular weight is 329 g/mol. The van der Waals surface area contributed by atoms with Gasteiger partial charge in [-0.1, -0.05) is 6.07 Å². The Kier molecular flexibility index (Phi) is 5.04. The van der Waals surface area contributed by atoms with Crippen LogP contribution in [0.3, 0.4) is 0 Å². The molecule has 0 bridgehead atoms. The second-order valence-corrected chi connectivity index (χ2v) is 7.18. The van der Waals surface area contributed by atoms with E-state index in [-0.39, 0.29) is 18.0 Å². The van der Waals surface area contributed by atoms with Gasteiger partial charge in [-0.3, -0.25) is 0 Å². The van der Waals surface area contributed by atoms with Crippen LogP contribution in [0.15, 0.2) is 28.5 Å². The summed E-state index contributed by atoms with van der Waals surface area (Å²) in [4.78, 5) is 3.87. The topological polar surface area (TPSA) is 85.1 Å². The molecule has 0 radical (unpaired) electrons. The summed E-state index contributed by atoms with van der Waals surface area (Å²) in [6.45, 7) is 2.20. The van der Waals surface area contributed by atoms with Crippen molar-refractivity contribution >= 4 is 21.4 Å². The highest BCUT2D eigenvalue weighted by molar-refractivity contribution is 7.89. The van der Waals surface area contributed by atoms with Gasteiger partial charge in [0.05, 0.1) is 5.01 Å². The van der Waals surface area contributed by atoms with Crippen molar-refractivity contribution in [3.63, 3.8) is 0 Å². The van der Waals surface area contributed by atoms with Gasteiger partial charge in [0.2, 0.25) is 10.0 Å². The quantitative estimate of drug-likeness (QED) is 0.842. The summed E-state index contributed by atoms with van der Waals surface area (Å²) >= 11 is 1.47. The monoisotopic (exact) mass is 329 g/mol. The van der Waals surface area contributed by atoms with Crippen LogP contribution in [0.5, 0.6) is 0 Å². The Morgan fingerprint density at radius 1 is 1.43 bits per heavy atom. The fourth-order valence-corrected chi connectivity index (χ4v) is 3.70. The van der Waals surface area contributed by atoms with Gasteiger partial charge in [-0.25, -0.2) is 22.5 Å². The number of nitrogens with two attached hydrogens (primary N) is 1. The van der Waals surface area contributed by atoms with Crippen LogP contribution in [0.25, 0.3) is 0 Å². The largest absolute Gasteiger partial charge is 0.326 e. The third-order valence-electron chi connectivity index (χ3n) is 2.82. The van der Waals surface area contributed by atoms with Gasteiger partial charge in [-0.05, 0) is 24.6 Å². The van der Waals surface area contributed by atoms with Crippen molar-refractivity contribution in [1.29, 1.82) is 0 Å². The molecule has 0 fully saturated rings. The molecule has 0 amide bonds. The first-order chi connectivity index (χ1) is 9.92.